The van der Waals surface area contributed by atoms with Crippen molar-refractivity contribution in [3.63, 3.8) is 0 Å². The summed E-state index contributed by atoms with van der Waals surface area (Å²) in [5.41, 5.74) is 3.51. The molecular weight excluding hydrogens is 427 g/mol. The van der Waals surface area contributed by atoms with Gasteiger partial charge >= 0.3 is 0 Å². The molecule has 4 rings (SSSR count). The molecule has 2 fully saturated rings. The van der Waals surface area contributed by atoms with E-state index in [1.807, 2.05) is 0 Å². The SMILES string of the molecule is CCCCCCCC1CCc2c(ccc(C3CCC4CC(CCCCCCC)CCC4C3)c2F)C1. The summed E-state index contributed by atoms with van der Waals surface area (Å²) >= 11 is 0. The quantitative estimate of drug-likeness (QED) is 0.245. The molecule has 3 aliphatic rings. The van der Waals surface area contributed by atoms with Crippen LogP contribution in [0, 0.1) is 29.5 Å². The van der Waals surface area contributed by atoms with Crippen LogP contribution in [0.25, 0.3) is 0 Å². The molecule has 0 aliphatic heterocycles. The molecule has 0 aromatic heterocycles. The predicted molar refractivity (Wildman–Crippen MR) is 150 cm³/mol. The van der Waals surface area contributed by atoms with Crippen molar-refractivity contribution in [3.8, 4) is 0 Å². The van der Waals surface area contributed by atoms with E-state index >= 15 is 4.39 Å². The van der Waals surface area contributed by atoms with E-state index in [-0.39, 0.29) is 5.82 Å². The monoisotopic (exact) mass is 482 g/mol. The van der Waals surface area contributed by atoms with Crippen LogP contribution in [0.1, 0.15) is 158 Å². The first-order valence-corrected chi connectivity index (χ1v) is 16.0. The molecule has 1 heteroatoms. The van der Waals surface area contributed by atoms with E-state index in [1.54, 1.807) is 0 Å². The van der Waals surface area contributed by atoms with Crippen molar-refractivity contribution in [2.45, 2.75) is 155 Å². The van der Waals surface area contributed by atoms with Gasteiger partial charge in [-0.15, -0.1) is 0 Å². The topological polar surface area (TPSA) is 0 Å². The highest BCUT2D eigenvalue weighted by atomic mass is 19.1. The van der Waals surface area contributed by atoms with E-state index in [1.165, 1.54) is 128 Å². The highest BCUT2D eigenvalue weighted by Crippen LogP contribution is 2.49. The third-order valence-corrected chi connectivity index (χ3v) is 10.3. The van der Waals surface area contributed by atoms with Gasteiger partial charge in [-0.1, -0.05) is 109 Å². The summed E-state index contributed by atoms with van der Waals surface area (Å²) in [6.45, 7) is 4.59. The van der Waals surface area contributed by atoms with Crippen LogP contribution in [0.2, 0.25) is 0 Å². The lowest BCUT2D eigenvalue weighted by Crippen LogP contribution is -2.31. The smallest absolute Gasteiger partial charge is 0.130 e. The molecule has 0 heterocycles. The third-order valence-electron chi connectivity index (χ3n) is 10.3. The van der Waals surface area contributed by atoms with Gasteiger partial charge < -0.3 is 0 Å². The van der Waals surface area contributed by atoms with Crippen molar-refractivity contribution in [2.24, 2.45) is 23.7 Å². The number of rotatable bonds is 13. The Morgan fingerprint density at radius 2 is 1.34 bits per heavy atom. The first kappa shape index (κ1) is 27.2. The molecule has 0 N–H and O–H groups in total. The Hall–Kier alpha value is -0.850. The standard InChI is InChI=1S/C34H55F/c1-3-5-7-9-11-13-26-15-17-29-25-31(19-18-28(29)23-26)33-22-20-30-24-27(14-12-10-8-6-4-2)16-21-32(30)34(33)35/h20,22,26-29,31H,3-19,21,23-25H2,1-2H3. The van der Waals surface area contributed by atoms with Crippen LogP contribution in [-0.4, -0.2) is 0 Å². The molecular formula is C34H55F. The average molecular weight is 483 g/mol. The zero-order valence-corrected chi connectivity index (χ0v) is 23.3. The van der Waals surface area contributed by atoms with Crippen LogP contribution in [0.15, 0.2) is 12.1 Å². The minimum Gasteiger partial charge on any atom is -0.206 e. The van der Waals surface area contributed by atoms with E-state index in [9.17, 15) is 0 Å². The molecule has 35 heavy (non-hydrogen) atoms. The van der Waals surface area contributed by atoms with Crippen molar-refractivity contribution in [1.29, 1.82) is 0 Å². The minimum absolute atomic E-state index is 0.202. The fourth-order valence-electron chi connectivity index (χ4n) is 8.07. The van der Waals surface area contributed by atoms with Crippen LogP contribution >= 0.6 is 0 Å². The number of hydrogen-bond acceptors (Lipinski definition) is 0. The van der Waals surface area contributed by atoms with Crippen LogP contribution in [-0.2, 0) is 12.8 Å². The largest absolute Gasteiger partial charge is 0.206 e. The van der Waals surface area contributed by atoms with E-state index in [4.69, 9.17) is 0 Å². The van der Waals surface area contributed by atoms with Gasteiger partial charge in [0.05, 0.1) is 0 Å². The van der Waals surface area contributed by atoms with Crippen molar-refractivity contribution < 1.29 is 4.39 Å². The molecule has 3 aliphatic carbocycles. The molecule has 0 nitrogen and oxygen atoms in total. The minimum atomic E-state index is 0.202. The lowest BCUT2D eigenvalue weighted by molar-refractivity contribution is 0.112. The second kappa shape index (κ2) is 14.2. The summed E-state index contributed by atoms with van der Waals surface area (Å²) in [5, 5.41) is 0. The van der Waals surface area contributed by atoms with Crippen molar-refractivity contribution >= 4 is 0 Å². The fraction of sp³-hybridized carbons (Fsp3) is 0.824. The molecule has 0 radical (unpaired) electrons. The van der Waals surface area contributed by atoms with E-state index in [2.05, 4.69) is 26.0 Å². The van der Waals surface area contributed by atoms with Crippen molar-refractivity contribution in [1.82, 2.24) is 0 Å². The average Bonchev–Trinajstić information content (AvgIpc) is 2.88. The number of fused-ring (bicyclic) bond motifs is 2. The van der Waals surface area contributed by atoms with Crippen LogP contribution in [0.5, 0.6) is 0 Å². The summed E-state index contributed by atoms with van der Waals surface area (Å²) < 4.78 is 15.8. The third kappa shape index (κ3) is 7.58. The first-order valence-electron chi connectivity index (χ1n) is 16.0. The van der Waals surface area contributed by atoms with Gasteiger partial charge in [-0.25, -0.2) is 4.39 Å². The van der Waals surface area contributed by atoms with Gasteiger partial charge in [0.2, 0.25) is 0 Å². The van der Waals surface area contributed by atoms with Gasteiger partial charge in [-0.05, 0) is 97.6 Å². The highest BCUT2D eigenvalue weighted by molar-refractivity contribution is 5.38. The molecule has 0 saturated heterocycles. The Morgan fingerprint density at radius 3 is 2.09 bits per heavy atom. The predicted octanol–water partition coefficient (Wildman–Crippen LogP) is 11.0. The second-order valence-electron chi connectivity index (χ2n) is 12.8. The van der Waals surface area contributed by atoms with Gasteiger partial charge in [0.15, 0.2) is 0 Å². The molecule has 0 spiro atoms. The Morgan fingerprint density at radius 1 is 0.686 bits per heavy atom. The van der Waals surface area contributed by atoms with Crippen molar-refractivity contribution in [3.05, 3.63) is 34.6 Å². The Kier molecular flexibility index (Phi) is 11.0. The van der Waals surface area contributed by atoms with Gasteiger partial charge in [0, 0.05) is 0 Å². The number of halogens is 1. The van der Waals surface area contributed by atoms with Gasteiger partial charge in [0.1, 0.15) is 5.82 Å². The van der Waals surface area contributed by atoms with Gasteiger partial charge in [0.25, 0.3) is 0 Å². The first-order chi connectivity index (χ1) is 17.2. The lowest BCUT2D eigenvalue weighted by Gasteiger charge is -2.42. The molecule has 0 bridgehead atoms. The summed E-state index contributed by atoms with van der Waals surface area (Å²) in [7, 11) is 0. The number of unbranched alkanes of at least 4 members (excludes halogenated alkanes) is 8. The zero-order valence-electron chi connectivity index (χ0n) is 23.3. The van der Waals surface area contributed by atoms with Crippen LogP contribution in [0.3, 0.4) is 0 Å². The maximum atomic E-state index is 15.8. The Bertz CT molecular complexity index is 751. The number of hydrogen-bond donors (Lipinski definition) is 0. The summed E-state index contributed by atoms with van der Waals surface area (Å²) in [5.74, 6) is 4.23. The van der Waals surface area contributed by atoms with E-state index < -0.39 is 0 Å². The molecule has 1 aromatic rings. The Labute approximate surface area is 217 Å². The normalized spacial score (nSPS) is 28.5. The summed E-state index contributed by atoms with van der Waals surface area (Å²) in [6.07, 6.45) is 28.2. The zero-order chi connectivity index (χ0) is 24.5. The summed E-state index contributed by atoms with van der Waals surface area (Å²) in [4.78, 5) is 0. The van der Waals surface area contributed by atoms with Crippen molar-refractivity contribution in [2.75, 3.05) is 0 Å². The van der Waals surface area contributed by atoms with Gasteiger partial charge in [-0.2, -0.15) is 0 Å². The van der Waals surface area contributed by atoms with Crippen LogP contribution in [0.4, 0.5) is 4.39 Å². The molecule has 1 aromatic carbocycles. The number of benzene rings is 1. The molecule has 5 atom stereocenters. The molecule has 198 valence electrons. The van der Waals surface area contributed by atoms with E-state index in [0.29, 0.717) is 5.92 Å². The van der Waals surface area contributed by atoms with Crippen LogP contribution < -0.4 is 0 Å². The Balaban J connectivity index is 1.25. The lowest BCUT2D eigenvalue weighted by atomic mass is 9.63. The molecule has 5 unspecified atom stereocenters. The highest BCUT2D eigenvalue weighted by Gasteiger charge is 2.37. The molecule has 2 saturated carbocycles. The molecule has 0 amide bonds. The summed E-state index contributed by atoms with van der Waals surface area (Å²) in [6, 6.07) is 4.54. The second-order valence-corrected chi connectivity index (χ2v) is 12.8. The van der Waals surface area contributed by atoms with E-state index in [0.717, 1.165) is 47.6 Å². The van der Waals surface area contributed by atoms with Gasteiger partial charge in [-0.3, -0.25) is 0 Å². The fourth-order valence-corrected chi connectivity index (χ4v) is 8.07. The maximum Gasteiger partial charge on any atom is 0.130 e. The maximum absolute atomic E-state index is 15.8.